The topological polar surface area (TPSA) is 136 Å². The molecule has 0 aromatic heterocycles. The van der Waals surface area contributed by atoms with E-state index < -0.39 is 30.0 Å². The van der Waals surface area contributed by atoms with E-state index in [2.05, 4.69) is 10.6 Å². The summed E-state index contributed by atoms with van der Waals surface area (Å²) >= 11 is 0. The number of fused-ring (bicyclic) bond motifs is 1. The lowest BCUT2D eigenvalue weighted by atomic mass is 9.96. The van der Waals surface area contributed by atoms with E-state index in [1.807, 2.05) is 13.8 Å². The molecule has 9 nitrogen and oxygen atoms in total. The number of hydrogen-bond acceptors (Lipinski definition) is 4. The van der Waals surface area contributed by atoms with Crippen LogP contribution < -0.4 is 10.6 Å². The van der Waals surface area contributed by atoms with E-state index in [1.165, 1.54) is 0 Å². The van der Waals surface area contributed by atoms with Gasteiger partial charge in [-0.05, 0) is 30.9 Å². The summed E-state index contributed by atoms with van der Waals surface area (Å²) in [7, 11) is 0. The first kappa shape index (κ1) is 20.2. The zero-order valence-corrected chi connectivity index (χ0v) is 15.1. The van der Waals surface area contributed by atoms with Crippen molar-refractivity contribution in [2.75, 3.05) is 6.54 Å². The quantitative estimate of drug-likeness (QED) is 0.512. The highest BCUT2D eigenvalue weighted by Gasteiger charge is 2.36. The summed E-state index contributed by atoms with van der Waals surface area (Å²) < 4.78 is 0. The Bertz CT molecular complexity index is 713. The van der Waals surface area contributed by atoms with Gasteiger partial charge in [-0.1, -0.05) is 26.0 Å². The van der Waals surface area contributed by atoms with Crippen LogP contribution in [0, 0.1) is 5.92 Å². The van der Waals surface area contributed by atoms with Crippen LogP contribution in [0.4, 0.5) is 9.59 Å². The Morgan fingerprint density at radius 3 is 1.93 bits per heavy atom. The Labute approximate surface area is 156 Å². The molecule has 0 radical (unpaired) electrons. The smallest absolute Gasteiger partial charge is 0.404 e. The molecule has 0 saturated heterocycles. The van der Waals surface area contributed by atoms with Crippen LogP contribution in [0.15, 0.2) is 24.3 Å². The number of imide groups is 1. The highest BCUT2D eigenvalue weighted by Crippen LogP contribution is 2.23. The standard InChI is InChI=1S/C18H23N3O6/c1-10(2)14(20-18(26)27)8-7-11(19-17(24)25)9-21-15(22)12-5-3-4-6-13(12)16(21)23/h3-6,10-11,14,19-20H,7-9H2,1-2H3,(H,24,25)(H,26,27). The molecule has 2 unspecified atom stereocenters. The monoisotopic (exact) mass is 377 g/mol. The van der Waals surface area contributed by atoms with Crippen molar-refractivity contribution in [3.8, 4) is 0 Å². The average molecular weight is 377 g/mol. The normalized spacial score (nSPS) is 15.4. The molecule has 1 aromatic carbocycles. The Balaban J connectivity index is 2.09. The van der Waals surface area contributed by atoms with E-state index in [0.29, 0.717) is 17.5 Å². The second kappa shape index (κ2) is 8.52. The van der Waals surface area contributed by atoms with Gasteiger partial charge in [0.1, 0.15) is 0 Å². The van der Waals surface area contributed by atoms with E-state index in [-0.39, 0.29) is 24.9 Å². The van der Waals surface area contributed by atoms with Crippen molar-refractivity contribution >= 4 is 24.0 Å². The van der Waals surface area contributed by atoms with Crippen LogP contribution in [0.3, 0.4) is 0 Å². The predicted octanol–water partition coefficient (Wildman–Crippen LogP) is 1.99. The molecule has 1 aliphatic rings. The van der Waals surface area contributed by atoms with Gasteiger partial charge in [0.2, 0.25) is 0 Å². The van der Waals surface area contributed by atoms with Gasteiger partial charge in [-0.15, -0.1) is 0 Å². The van der Waals surface area contributed by atoms with Crippen molar-refractivity contribution < 1.29 is 29.4 Å². The molecule has 1 aromatic rings. The van der Waals surface area contributed by atoms with E-state index in [4.69, 9.17) is 10.2 Å². The van der Waals surface area contributed by atoms with Crippen LogP contribution in [0.1, 0.15) is 47.4 Å². The number of nitrogens with one attached hydrogen (secondary N) is 2. The minimum absolute atomic E-state index is 0.00545. The van der Waals surface area contributed by atoms with Crippen molar-refractivity contribution in [3.05, 3.63) is 35.4 Å². The van der Waals surface area contributed by atoms with Gasteiger partial charge in [0.15, 0.2) is 0 Å². The van der Waals surface area contributed by atoms with Crippen LogP contribution in [-0.4, -0.2) is 57.7 Å². The van der Waals surface area contributed by atoms with Crippen molar-refractivity contribution in [2.24, 2.45) is 5.92 Å². The first-order chi connectivity index (χ1) is 12.7. The van der Waals surface area contributed by atoms with E-state index in [1.54, 1.807) is 24.3 Å². The van der Waals surface area contributed by atoms with Gasteiger partial charge in [0.25, 0.3) is 11.8 Å². The summed E-state index contributed by atoms with van der Waals surface area (Å²) in [5.41, 5.74) is 0.591. The second-order valence-corrected chi connectivity index (χ2v) is 6.79. The number of rotatable bonds is 8. The second-order valence-electron chi connectivity index (χ2n) is 6.79. The first-order valence-electron chi connectivity index (χ1n) is 8.64. The molecule has 9 heteroatoms. The summed E-state index contributed by atoms with van der Waals surface area (Å²) in [5.74, 6) is -0.917. The van der Waals surface area contributed by atoms with Gasteiger partial charge in [0, 0.05) is 12.6 Å². The van der Waals surface area contributed by atoms with Crippen LogP contribution in [0.2, 0.25) is 0 Å². The Kier molecular flexibility index (Phi) is 6.38. The van der Waals surface area contributed by atoms with Crippen molar-refractivity contribution in [3.63, 3.8) is 0 Å². The van der Waals surface area contributed by atoms with Crippen LogP contribution in [-0.2, 0) is 0 Å². The minimum Gasteiger partial charge on any atom is -0.465 e. The Hall–Kier alpha value is -3.10. The molecule has 2 atom stereocenters. The third-order valence-corrected chi connectivity index (χ3v) is 4.55. The molecule has 146 valence electrons. The highest BCUT2D eigenvalue weighted by molar-refractivity contribution is 6.21. The number of benzene rings is 1. The van der Waals surface area contributed by atoms with Crippen LogP contribution >= 0.6 is 0 Å². The number of carbonyl (C=O) groups excluding carboxylic acids is 2. The predicted molar refractivity (Wildman–Crippen MR) is 95.8 cm³/mol. The van der Waals surface area contributed by atoms with Crippen molar-refractivity contribution in [1.82, 2.24) is 15.5 Å². The number of nitrogens with zero attached hydrogens (tertiary/aromatic N) is 1. The third kappa shape index (κ3) is 4.96. The molecule has 4 amide bonds. The lowest BCUT2D eigenvalue weighted by molar-refractivity contribution is 0.0633. The molecule has 0 fully saturated rings. The van der Waals surface area contributed by atoms with Crippen LogP contribution in [0.25, 0.3) is 0 Å². The summed E-state index contributed by atoms with van der Waals surface area (Å²) in [4.78, 5) is 48.0. The number of amides is 4. The van der Waals surface area contributed by atoms with Gasteiger partial charge in [-0.25, -0.2) is 9.59 Å². The highest BCUT2D eigenvalue weighted by atomic mass is 16.4. The van der Waals surface area contributed by atoms with Crippen LogP contribution in [0.5, 0.6) is 0 Å². The Morgan fingerprint density at radius 2 is 1.48 bits per heavy atom. The largest absolute Gasteiger partial charge is 0.465 e. The zero-order valence-electron chi connectivity index (χ0n) is 15.1. The molecule has 27 heavy (non-hydrogen) atoms. The maximum Gasteiger partial charge on any atom is 0.404 e. The maximum atomic E-state index is 12.5. The van der Waals surface area contributed by atoms with Crippen molar-refractivity contribution in [2.45, 2.75) is 38.8 Å². The maximum absolute atomic E-state index is 12.5. The summed E-state index contributed by atoms with van der Waals surface area (Å²) in [5, 5.41) is 22.7. The molecular weight excluding hydrogens is 354 g/mol. The van der Waals surface area contributed by atoms with Gasteiger partial charge in [0.05, 0.1) is 17.2 Å². The molecule has 4 N–H and O–H groups in total. The lowest BCUT2D eigenvalue weighted by Crippen LogP contribution is -2.46. The summed E-state index contributed by atoms with van der Waals surface area (Å²) in [6.07, 6.45) is -1.80. The van der Waals surface area contributed by atoms with E-state index in [0.717, 1.165) is 4.90 Å². The molecule has 2 rings (SSSR count). The first-order valence-corrected chi connectivity index (χ1v) is 8.64. The zero-order chi connectivity index (χ0) is 20.1. The fourth-order valence-electron chi connectivity index (χ4n) is 3.12. The van der Waals surface area contributed by atoms with E-state index in [9.17, 15) is 19.2 Å². The van der Waals surface area contributed by atoms with Gasteiger partial charge < -0.3 is 20.8 Å². The Morgan fingerprint density at radius 1 is 0.963 bits per heavy atom. The van der Waals surface area contributed by atoms with Crippen molar-refractivity contribution in [1.29, 1.82) is 0 Å². The molecule has 1 heterocycles. The molecule has 0 aliphatic carbocycles. The fraction of sp³-hybridized carbons (Fsp3) is 0.444. The SMILES string of the molecule is CC(C)C(CCC(CN1C(=O)c2ccccc2C1=O)NC(=O)O)NC(=O)O. The summed E-state index contributed by atoms with van der Waals surface area (Å²) in [6, 6.07) is 5.35. The lowest BCUT2D eigenvalue weighted by Gasteiger charge is -2.26. The number of carbonyl (C=O) groups is 4. The molecule has 1 aliphatic heterocycles. The van der Waals surface area contributed by atoms with Gasteiger partial charge >= 0.3 is 12.2 Å². The average Bonchev–Trinajstić information content (AvgIpc) is 2.82. The fourth-order valence-corrected chi connectivity index (χ4v) is 3.12. The third-order valence-electron chi connectivity index (χ3n) is 4.55. The molecular formula is C18H23N3O6. The number of carboxylic acid groups (broad SMARTS) is 2. The van der Waals surface area contributed by atoms with Gasteiger partial charge in [-0.2, -0.15) is 0 Å². The molecule has 0 bridgehead atoms. The molecule has 0 saturated carbocycles. The van der Waals surface area contributed by atoms with E-state index >= 15 is 0 Å². The molecule has 0 spiro atoms. The minimum atomic E-state index is -1.27. The number of hydrogen-bond donors (Lipinski definition) is 4. The summed E-state index contributed by atoms with van der Waals surface area (Å²) in [6.45, 7) is 3.59. The van der Waals surface area contributed by atoms with Gasteiger partial charge in [-0.3, -0.25) is 14.5 Å².